The fraction of sp³-hybridized carbons (Fsp3) is 0.263. The number of H-pyrrole nitrogens is 1. The van der Waals surface area contributed by atoms with Crippen molar-refractivity contribution in [2.75, 3.05) is 20.2 Å². The summed E-state index contributed by atoms with van der Waals surface area (Å²) >= 11 is 0. The number of fused-ring (bicyclic) bond motifs is 1. The molecule has 3 nitrogen and oxygen atoms in total. The van der Waals surface area contributed by atoms with Crippen molar-refractivity contribution >= 4 is 10.9 Å². The van der Waals surface area contributed by atoms with Crippen LogP contribution in [0.25, 0.3) is 10.9 Å². The molecule has 0 unspecified atom stereocenters. The highest BCUT2D eigenvalue weighted by atomic mass is 16.5. The smallest absolute Gasteiger partial charge is 0.119 e. The first-order chi connectivity index (χ1) is 10.9. The Balaban J connectivity index is 1.51. The van der Waals surface area contributed by atoms with Gasteiger partial charge in [0.1, 0.15) is 5.75 Å². The van der Waals surface area contributed by atoms with Gasteiger partial charge in [-0.1, -0.05) is 30.3 Å². The summed E-state index contributed by atoms with van der Waals surface area (Å²) < 4.78 is 5.31. The van der Waals surface area contributed by atoms with Crippen LogP contribution in [-0.2, 0) is 12.8 Å². The summed E-state index contributed by atoms with van der Waals surface area (Å²) in [5.41, 5.74) is 3.88. The molecule has 0 fully saturated rings. The summed E-state index contributed by atoms with van der Waals surface area (Å²) in [6.07, 6.45) is 4.19. The quantitative estimate of drug-likeness (QED) is 0.654. The Morgan fingerprint density at radius 2 is 1.82 bits per heavy atom. The molecule has 0 saturated heterocycles. The highest BCUT2D eigenvalue weighted by Crippen LogP contribution is 2.23. The second kappa shape index (κ2) is 7.14. The Bertz CT molecular complexity index is 719. The third kappa shape index (κ3) is 3.49. The van der Waals surface area contributed by atoms with E-state index in [0.29, 0.717) is 0 Å². The van der Waals surface area contributed by atoms with E-state index in [2.05, 4.69) is 59.0 Å². The van der Waals surface area contributed by atoms with Crippen LogP contribution < -0.4 is 10.1 Å². The number of benzene rings is 2. The van der Waals surface area contributed by atoms with Gasteiger partial charge in [0.15, 0.2) is 0 Å². The largest absolute Gasteiger partial charge is 0.497 e. The molecule has 0 aliphatic rings. The molecule has 0 aliphatic heterocycles. The van der Waals surface area contributed by atoms with Crippen LogP contribution in [0, 0.1) is 0 Å². The molecule has 0 radical (unpaired) electrons. The van der Waals surface area contributed by atoms with Gasteiger partial charge >= 0.3 is 0 Å². The lowest BCUT2D eigenvalue weighted by Crippen LogP contribution is -2.20. The van der Waals surface area contributed by atoms with E-state index in [-0.39, 0.29) is 0 Å². The molecular formula is C19H22N2O. The van der Waals surface area contributed by atoms with Gasteiger partial charge in [-0.15, -0.1) is 0 Å². The van der Waals surface area contributed by atoms with Crippen LogP contribution in [0.15, 0.2) is 54.7 Å². The van der Waals surface area contributed by atoms with E-state index < -0.39 is 0 Å². The second-order valence-corrected chi connectivity index (χ2v) is 5.46. The zero-order valence-corrected chi connectivity index (χ0v) is 12.9. The summed E-state index contributed by atoms with van der Waals surface area (Å²) in [5.74, 6) is 0.908. The van der Waals surface area contributed by atoms with E-state index in [9.17, 15) is 0 Å². The number of nitrogens with one attached hydrogen (secondary N) is 2. The molecule has 2 aromatic carbocycles. The van der Waals surface area contributed by atoms with Crippen LogP contribution >= 0.6 is 0 Å². The van der Waals surface area contributed by atoms with Crippen molar-refractivity contribution in [3.8, 4) is 5.75 Å². The number of ether oxygens (including phenoxy) is 1. The zero-order valence-electron chi connectivity index (χ0n) is 12.9. The molecule has 0 aliphatic carbocycles. The van der Waals surface area contributed by atoms with Crippen molar-refractivity contribution in [3.63, 3.8) is 0 Å². The van der Waals surface area contributed by atoms with Gasteiger partial charge in [0.05, 0.1) is 7.11 Å². The Kier molecular flexibility index (Phi) is 4.76. The Hall–Kier alpha value is -2.26. The first-order valence-electron chi connectivity index (χ1n) is 7.75. The molecule has 0 bridgehead atoms. The van der Waals surface area contributed by atoms with Crippen molar-refractivity contribution in [3.05, 3.63) is 65.9 Å². The van der Waals surface area contributed by atoms with Crippen LogP contribution in [0.2, 0.25) is 0 Å². The molecule has 3 heteroatoms. The predicted octanol–water partition coefficient (Wildman–Crippen LogP) is 3.55. The Morgan fingerprint density at radius 3 is 2.64 bits per heavy atom. The van der Waals surface area contributed by atoms with Crippen molar-refractivity contribution < 1.29 is 4.74 Å². The van der Waals surface area contributed by atoms with E-state index in [1.54, 1.807) is 7.11 Å². The predicted molar refractivity (Wildman–Crippen MR) is 91.6 cm³/mol. The van der Waals surface area contributed by atoms with E-state index >= 15 is 0 Å². The van der Waals surface area contributed by atoms with Gasteiger partial charge in [-0.3, -0.25) is 0 Å². The normalized spacial score (nSPS) is 11.0. The van der Waals surface area contributed by atoms with Crippen LogP contribution in [0.4, 0.5) is 0 Å². The molecule has 22 heavy (non-hydrogen) atoms. The van der Waals surface area contributed by atoms with E-state index in [1.807, 2.05) is 6.07 Å². The monoisotopic (exact) mass is 294 g/mol. The first kappa shape index (κ1) is 14.7. The molecule has 2 N–H and O–H groups in total. The molecule has 0 spiro atoms. The molecule has 3 rings (SSSR count). The highest BCUT2D eigenvalue weighted by molar-refractivity contribution is 5.84. The van der Waals surface area contributed by atoms with E-state index in [0.717, 1.165) is 31.7 Å². The molecule has 0 amide bonds. The van der Waals surface area contributed by atoms with Gasteiger partial charge in [0, 0.05) is 17.1 Å². The van der Waals surface area contributed by atoms with Crippen LogP contribution in [0.5, 0.6) is 5.75 Å². The minimum absolute atomic E-state index is 0.908. The average molecular weight is 294 g/mol. The fourth-order valence-corrected chi connectivity index (χ4v) is 2.72. The number of aromatic amines is 1. The van der Waals surface area contributed by atoms with Gasteiger partial charge in [-0.25, -0.2) is 0 Å². The number of aromatic nitrogens is 1. The summed E-state index contributed by atoms with van der Waals surface area (Å²) in [7, 11) is 1.71. The molecule has 3 aromatic rings. The lowest BCUT2D eigenvalue weighted by atomic mass is 10.1. The molecule has 114 valence electrons. The maximum atomic E-state index is 5.31. The maximum absolute atomic E-state index is 5.31. The second-order valence-electron chi connectivity index (χ2n) is 5.46. The third-order valence-electron chi connectivity index (χ3n) is 3.98. The number of hydrogen-bond acceptors (Lipinski definition) is 2. The third-order valence-corrected chi connectivity index (χ3v) is 3.98. The van der Waals surface area contributed by atoms with Gasteiger partial charge in [0.2, 0.25) is 0 Å². The van der Waals surface area contributed by atoms with Crippen molar-refractivity contribution in [2.24, 2.45) is 0 Å². The minimum Gasteiger partial charge on any atom is -0.497 e. The van der Waals surface area contributed by atoms with Crippen LogP contribution in [-0.4, -0.2) is 25.2 Å². The van der Waals surface area contributed by atoms with Crippen LogP contribution in [0.1, 0.15) is 11.1 Å². The summed E-state index contributed by atoms with van der Waals surface area (Å²) in [4.78, 5) is 3.32. The summed E-state index contributed by atoms with van der Waals surface area (Å²) in [6.45, 7) is 1.99. The van der Waals surface area contributed by atoms with Crippen molar-refractivity contribution in [2.45, 2.75) is 12.8 Å². The lowest BCUT2D eigenvalue weighted by Gasteiger charge is -2.05. The highest BCUT2D eigenvalue weighted by Gasteiger charge is 2.04. The topological polar surface area (TPSA) is 37.0 Å². The standard InChI is InChI=1S/C19H22N2O/c1-22-17-7-8-19-18(13-17)16(14-21-19)10-12-20-11-9-15-5-3-2-4-6-15/h2-8,13-14,20-21H,9-12H2,1H3. The molecule has 0 saturated carbocycles. The SMILES string of the molecule is COc1ccc2[nH]cc(CCNCCc3ccccc3)c2c1. The lowest BCUT2D eigenvalue weighted by molar-refractivity contribution is 0.415. The molecular weight excluding hydrogens is 272 g/mol. The molecule has 0 atom stereocenters. The maximum Gasteiger partial charge on any atom is 0.119 e. The van der Waals surface area contributed by atoms with Gasteiger partial charge in [-0.2, -0.15) is 0 Å². The number of rotatable bonds is 7. The van der Waals surface area contributed by atoms with Gasteiger partial charge < -0.3 is 15.0 Å². The first-order valence-corrected chi connectivity index (χ1v) is 7.75. The number of hydrogen-bond donors (Lipinski definition) is 2. The number of methoxy groups -OCH3 is 1. The van der Waals surface area contributed by atoms with Crippen LogP contribution in [0.3, 0.4) is 0 Å². The fourth-order valence-electron chi connectivity index (χ4n) is 2.72. The minimum atomic E-state index is 0.908. The summed E-state index contributed by atoms with van der Waals surface area (Å²) in [5, 5.41) is 4.77. The average Bonchev–Trinajstić information content (AvgIpc) is 2.98. The zero-order chi connectivity index (χ0) is 15.2. The summed E-state index contributed by atoms with van der Waals surface area (Å²) in [6, 6.07) is 16.7. The van der Waals surface area contributed by atoms with E-state index in [4.69, 9.17) is 4.74 Å². The Labute approximate surface area is 131 Å². The van der Waals surface area contributed by atoms with Crippen molar-refractivity contribution in [1.29, 1.82) is 0 Å². The Morgan fingerprint density at radius 1 is 1.00 bits per heavy atom. The van der Waals surface area contributed by atoms with Gasteiger partial charge in [0.25, 0.3) is 0 Å². The molecule has 1 heterocycles. The van der Waals surface area contributed by atoms with Crippen molar-refractivity contribution in [1.82, 2.24) is 10.3 Å². The van der Waals surface area contributed by atoms with E-state index in [1.165, 1.54) is 22.0 Å². The van der Waals surface area contributed by atoms with Gasteiger partial charge in [-0.05, 0) is 55.3 Å². The molecule has 1 aromatic heterocycles.